The van der Waals surface area contributed by atoms with E-state index in [-0.39, 0.29) is 0 Å². The summed E-state index contributed by atoms with van der Waals surface area (Å²) >= 11 is 0. The summed E-state index contributed by atoms with van der Waals surface area (Å²) in [5, 5.41) is 8.46. The Morgan fingerprint density at radius 3 is 2.76 bits per heavy atom. The first-order valence-corrected chi connectivity index (χ1v) is 6.67. The third-order valence-electron chi connectivity index (χ3n) is 2.90. The van der Waals surface area contributed by atoms with E-state index in [1.165, 1.54) is 5.56 Å². The predicted molar refractivity (Wildman–Crippen MR) is 83.2 cm³/mol. The third-order valence-corrected chi connectivity index (χ3v) is 2.90. The molecule has 5 heteroatoms. The Morgan fingerprint density at radius 2 is 1.95 bits per heavy atom. The molecule has 0 amide bonds. The van der Waals surface area contributed by atoms with Crippen molar-refractivity contribution >= 4 is 12.0 Å². The lowest BCUT2D eigenvalue weighted by Crippen LogP contribution is -1.99. The molecule has 5 nitrogen and oxygen atoms in total. The second kappa shape index (κ2) is 6.47. The Morgan fingerprint density at radius 1 is 1.10 bits per heavy atom. The molecule has 21 heavy (non-hydrogen) atoms. The molecule has 1 aromatic carbocycles. The lowest BCUT2D eigenvalue weighted by molar-refractivity contribution is 0.687. The van der Waals surface area contributed by atoms with Crippen LogP contribution in [0.2, 0.25) is 0 Å². The molecule has 3 aromatic rings. The fourth-order valence-corrected chi connectivity index (χ4v) is 1.91. The normalized spacial score (nSPS) is 10.9. The summed E-state index contributed by atoms with van der Waals surface area (Å²) < 4.78 is 1.89. The average molecular weight is 277 g/mol. The van der Waals surface area contributed by atoms with Gasteiger partial charge >= 0.3 is 0 Å². The van der Waals surface area contributed by atoms with E-state index in [1.54, 1.807) is 18.6 Å². The van der Waals surface area contributed by atoms with E-state index in [0.29, 0.717) is 5.82 Å². The van der Waals surface area contributed by atoms with Crippen molar-refractivity contribution in [1.29, 1.82) is 0 Å². The van der Waals surface area contributed by atoms with Gasteiger partial charge in [-0.3, -0.25) is 10.1 Å². The zero-order valence-electron chi connectivity index (χ0n) is 11.4. The zero-order chi connectivity index (χ0) is 14.3. The molecule has 3 rings (SSSR count). The van der Waals surface area contributed by atoms with Gasteiger partial charge in [-0.25, -0.2) is 4.98 Å². The SMILES string of the molecule is C(=N/Nc1ccccn1)/c1cnn(Cc2ccccc2)c1. The van der Waals surface area contributed by atoms with E-state index in [0.717, 1.165) is 12.1 Å². The maximum Gasteiger partial charge on any atom is 0.146 e. The molecule has 2 aromatic heterocycles. The minimum Gasteiger partial charge on any atom is -0.268 e. The van der Waals surface area contributed by atoms with Gasteiger partial charge in [0.05, 0.1) is 19.0 Å². The highest BCUT2D eigenvalue weighted by Crippen LogP contribution is 2.03. The Kier molecular flexibility index (Phi) is 4.02. The quantitative estimate of drug-likeness (QED) is 0.576. The van der Waals surface area contributed by atoms with Crippen LogP contribution in [-0.4, -0.2) is 21.0 Å². The van der Waals surface area contributed by atoms with Gasteiger partial charge in [-0.2, -0.15) is 10.2 Å². The van der Waals surface area contributed by atoms with Gasteiger partial charge < -0.3 is 0 Å². The molecule has 0 unspecified atom stereocenters. The summed E-state index contributed by atoms with van der Waals surface area (Å²) in [6.07, 6.45) is 7.18. The van der Waals surface area contributed by atoms with E-state index in [1.807, 2.05) is 47.3 Å². The van der Waals surface area contributed by atoms with Crippen molar-refractivity contribution in [2.24, 2.45) is 5.10 Å². The monoisotopic (exact) mass is 277 g/mol. The highest BCUT2D eigenvalue weighted by atomic mass is 15.3. The van der Waals surface area contributed by atoms with Gasteiger partial charge in [-0.1, -0.05) is 36.4 Å². The fraction of sp³-hybridized carbons (Fsp3) is 0.0625. The predicted octanol–water partition coefficient (Wildman–Crippen LogP) is 2.77. The smallest absolute Gasteiger partial charge is 0.146 e. The van der Waals surface area contributed by atoms with Gasteiger partial charge in [-0.05, 0) is 17.7 Å². The number of nitrogens with one attached hydrogen (secondary N) is 1. The van der Waals surface area contributed by atoms with Crippen molar-refractivity contribution in [2.45, 2.75) is 6.54 Å². The molecule has 0 saturated heterocycles. The van der Waals surface area contributed by atoms with E-state index in [9.17, 15) is 0 Å². The van der Waals surface area contributed by atoms with E-state index < -0.39 is 0 Å². The van der Waals surface area contributed by atoms with Crippen LogP contribution in [-0.2, 0) is 6.54 Å². The van der Waals surface area contributed by atoms with E-state index in [4.69, 9.17) is 0 Å². The van der Waals surface area contributed by atoms with Crippen LogP contribution in [0.1, 0.15) is 11.1 Å². The molecule has 0 aliphatic rings. The number of hydrogen-bond donors (Lipinski definition) is 1. The number of nitrogens with zero attached hydrogens (tertiary/aromatic N) is 4. The molecule has 104 valence electrons. The molecule has 0 aliphatic carbocycles. The van der Waals surface area contributed by atoms with Crippen molar-refractivity contribution in [2.75, 3.05) is 5.43 Å². The minimum absolute atomic E-state index is 0.713. The number of benzene rings is 1. The highest BCUT2D eigenvalue weighted by Gasteiger charge is 1.97. The average Bonchev–Trinajstić information content (AvgIpc) is 2.97. The second-order valence-electron chi connectivity index (χ2n) is 4.54. The summed E-state index contributed by atoms with van der Waals surface area (Å²) in [6, 6.07) is 15.8. The highest BCUT2D eigenvalue weighted by molar-refractivity contribution is 5.79. The minimum atomic E-state index is 0.713. The van der Waals surface area contributed by atoms with Crippen LogP contribution in [0.15, 0.2) is 72.2 Å². The third kappa shape index (κ3) is 3.76. The Hall–Kier alpha value is -2.95. The number of hydrazone groups is 1. The van der Waals surface area contributed by atoms with Crippen LogP contribution in [0.4, 0.5) is 5.82 Å². The molecule has 0 bridgehead atoms. The van der Waals surface area contributed by atoms with Gasteiger partial charge in [0.1, 0.15) is 5.82 Å². The summed E-state index contributed by atoms with van der Waals surface area (Å²) in [7, 11) is 0. The van der Waals surface area contributed by atoms with E-state index >= 15 is 0 Å². The van der Waals surface area contributed by atoms with Crippen LogP contribution in [0.3, 0.4) is 0 Å². The molecular weight excluding hydrogens is 262 g/mol. The van der Waals surface area contributed by atoms with Crippen molar-refractivity contribution in [3.05, 3.63) is 78.2 Å². The standard InChI is InChI=1S/C16H15N5/c1-2-6-14(7-3-1)12-21-13-15(11-19-21)10-18-20-16-8-4-5-9-17-16/h1-11,13H,12H2,(H,17,20)/b18-10-. The van der Waals surface area contributed by atoms with Crippen LogP contribution in [0, 0.1) is 0 Å². The first-order valence-electron chi connectivity index (χ1n) is 6.67. The lowest BCUT2D eigenvalue weighted by atomic mass is 10.2. The van der Waals surface area contributed by atoms with Gasteiger partial charge in [0.25, 0.3) is 0 Å². The number of aromatic nitrogens is 3. The van der Waals surface area contributed by atoms with Gasteiger partial charge in [0.2, 0.25) is 0 Å². The van der Waals surface area contributed by atoms with Crippen LogP contribution in [0.25, 0.3) is 0 Å². The van der Waals surface area contributed by atoms with Crippen molar-refractivity contribution < 1.29 is 0 Å². The maximum absolute atomic E-state index is 4.32. The lowest BCUT2D eigenvalue weighted by Gasteiger charge is -2.00. The number of pyridine rings is 1. The van der Waals surface area contributed by atoms with E-state index in [2.05, 4.69) is 32.7 Å². The molecule has 2 heterocycles. The Balaban J connectivity index is 1.60. The summed E-state index contributed by atoms with van der Waals surface area (Å²) in [5.74, 6) is 0.713. The number of anilines is 1. The molecule has 0 aliphatic heterocycles. The van der Waals surface area contributed by atoms with Crippen LogP contribution in [0.5, 0.6) is 0 Å². The van der Waals surface area contributed by atoms with Crippen LogP contribution >= 0.6 is 0 Å². The fourth-order valence-electron chi connectivity index (χ4n) is 1.91. The largest absolute Gasteiger partial charge is 0.268 e. The molecule has 0 radical (unpaired) electrons. The Labute approximate surface area is 123 Å². The molecule has 0 saturated carbocycles. The molecule has 0 fully saturated rings. The number of rotatable bonds is 5. The molecule has 1 N–H and O–H groups in total. The first-order chi connectivity index (χ1) is 10.4. The molecule has 0 atom stereocenters. The summed E-state index contributed by atoms with van der Waals surface area (Å²) in [4.78, 5) is 4.13. The Bertz CT molecular complexity index is 704. The summed E-state index contributed by atoms with van der Waals surface area (Å²) in [6.45, 7) is 0.752. The van der Waals surface area contributed by atoms with Crippen molar-refractivity contribution in [1.82, 2.24) is 14.8 Å². The van der Waals surface area contributed by atoms with Crippen molar-refractivity contribution in [3.8, 4) is 0 Å². The maximum atomic E-state index is 4.32. The topological polar surface area (TPSA) is 55.1 Å². The van der Waals surface area contributed by atoms with Gasteiger partial charge in [0.15, 0.2) is 0 Å². The molecule has 0 spiro atoms. The zero-order valence-corrected chi connectivity index (χ0v) is 11.4. The molecular formula is C16H15N5. The second-order valence-corrected chi connectivity index (χ2v) is 4.54. The van der Waals surface area contributed by atoms with Gasteiger partial charge in [-0.15, -0.1) is 0 Å². The number of hydrogen-bond acceptors (Lipinski definition) is 4. The first kappa shape index (κ1) is 13.1. The van der Waals surface area contributed by atoms with Crippen molar-refractivity contribution in [3.63, 3.8) is 0 Å². The van der Waals surface area contributed by atoms with Crippen LogP contribution < -0.4 is 5.43 Å². The summed E-state index contributed by atoms with van der Waals surface area (Å²) in [5.41, 5.74) is 5.03. The van der Waals surface area contributed by atoms with Gasteiger partial charge in [0, 0.05) is 18.0 Å².